The average molecular weight is 325 g/mol. The van der Waals surface area contributed by atoms with Crippen LogP contribution in [0.15, 0.2) is 46.1 Å². The Bertz CT molecular complexity index is 488. The van der Waals surface area contributed by atoms with Gasteiger partial charge >= 0.3 is 0 Å². The van der Waals surface area contributed by atoms with E-state index in [0.29, 0.717) is 0 Å². The minimum Gasteiger partial charge on any atom is -0.115 e. The lowest BCUT2D eigenvalue weighted by molar-refractivity contribution is 0.898. The van der Waals surface area contributed by atoms with Gasteiger partial charge in [0.05, 0.1) is 8.43 Å². The third-order valence-electron chi connectivity index (χ3n) is 2.53. The van der Waals surface area contributed by atoms with E-state index in [1.54, 1.807) is 23.5 Å². The minimum atomic E-state index is 1.01. The molecule has 1 aromatic rings. The van der Waals surface area contributed by atoms with E-state index in [1.807, 2.05) is 17.8 Å². The third-order valence-corrected chi connectivity index (χ3v) is 6.18. The van der Waals surface area contributed by atoms with Crippen molar-refractivity contribution in [3.8, 4) is 0 Å². The Balaban J connectivity index is 1.88. The number of hydrogen-bond donors (Lipinski definition) is 0. The van der Waals surface area contributed by atoms with Crippen molar-refractivity contribution in [2.24, 2.45) is 0 Å². The Morgan fingerprint density at radius 2 is 2.11 bits per heavy atom. The molecule has 1 aliphatic heterocycles. The van der Waals surface area contributed by atoms with Crippen LogP contribution in [0.3, 0.4) is 0 Å². The SMILES string of the molecule is CCCCSC(=S)/C=C1\SC=C(c2ccccc2)S1. The molecule has 0 amide bonds. The summed E-state index contributed by atoms with van der Waals surface area (Å²) in [5, 5.41) is 2.21. The zero-order valence-corrected chi connectivity index (χ0v) is 14.1. The van der Waals surface area contributed by atoms with Gasteiger partial charge < -0.3 is 0 Å². The van der Waals surface area contributed by atoms with E-state index in [-0.39, 0.29) is 0 Å². The lowest BCUT2D eigenvalue weighted by Crippen LogP contribution is -1.85. The van der Waals surface area contributed by atoms with Crippen LogP contribution >= 0.6 is 47.5 Å². The summed E-state index contributed by atoms with van der Waals surface area (Å²) in [5.74, 6) is 1.13. The number of thioether (sulfide) groups is 3. The van der Waals surface area contributed by atoms with Gasteiger partial charge in [-0.1, -0.05) is 79.4 Å². The van der Waals surface area contributed by atoms with Gasteiger partial charge in [0, 0.05) is 4.91 Å². The summed E-state index contributed by atoms with van der Waals surface area (Å²) >= 11 is 10.8. The van der Waals surface area contributed by atoms with Gasteiger partial charge in [-0.05, 0) is 29.2 Å². The maximum atomic E-state index is 5.40. The molecule has 19 heavy (non-hydrogen) atoms. The van der Waals surface area contributed by atoms with Crippen LogP contribution in [-0.2, 0) is 0 Å². The molecule has 0 aliphatic carbocycles. The lowest BCUT2D eigenvalue weighted by Gasteiger charge is -2.01. The van der Waals surface area contributed by atoms with E-state index in [1.165, 1.54) is 27.5 Å². The molecule has 0 aromatic heterocycles. The van der Waals surface area contributed by atoms with Crippen LogP contribution in [0.25, 0.3) is 4.91 Å². The van der Waals surface area contributed by atoms with Gasteiger partial charge in [0.15, 0.2) is 0 Å². The van der Waals surface area contributed by atoms with Crippen LogP contribution < -0.4 is 0 Å². The molecule has 0 spiro atoms. The fourth-order valence-electron chi connectivity index (χ4n) is 1.52. The molecule has 0 saturated carbocycles. The molecule has 4 heteroatoms. The van der Waals surface area contributed by atoms with Gasteiger partial charge in [-0.25, -0.2) is 0 Å². The molecule has 1 aliphatic rings. The summed E-state index contributed by atoms with van der Waals surface area (Å²) in [5.41, 5.74) is 1.29. The summed E-state index contributed by atoms with van der Waals surface area (Å²) < 4.78 is 2.29. The molecule has 0 saturated heterocycles. The maximum absolute atomic E-state index is 5.40. The molecular weight excluding hydrogens is 308 g/mol. The van der Waals surface area contributed by atoms with Gasteiger partial charge in [0.2, 0.25) is 0 Å². The van der Waals surface area contributed by atoms with Crippen molar-refractivity contribution in [1.82, 2.24) is 0 Å². The second-order valence-corrected chi connectivity index (χ2v) is 8.14. The predicted molar refractivity (Wildman–Crippen MR) is 97.6 cm³/mol. The summed E-state index contributed by atoms with van der Waals surface area (Å²) in [7, 11) is 0. The largest absolute Gasteiger partial charge is 0.115 e. The quantitative estimate of drug-likeness (QED) is 0.361. The Kier molecular flexibility index (Phi) is 6.57. The van der Waals surface area contributed by atoms with Crippen molar-refractivity contribution < 1.29 is 0 Å². The van der Waals surface area contributed by atoms with Crippen LogP contribution in [0.4, 0.5) is 0 Å². The fourth-order valence-corrected chi connectivity index (χ4v) is 5.15. The second kappa shape index (κ2) is 8.20. The first-order valence-corrected chi connectivity index (χ1v) is 9.37. The normalized spacial score (nSPS) is 16.7. The van der Waals surface area contributed by atoms with Crippen LogP contribution in [0.1, 0.15) is 25.3 Å². The van der Waals surface area contributed by atoms with Crippen molar-refractivity contribution >= 4 is 56.6 Å². The van der Waals surface area contributed by atoms with E-state index in [9.17, 15) is 0 Å². The number of thiocarbonyl (C=S) groups is 1. The van der Waals surface area contributed by atoms with E-state index in [0.717, 1.165) is 9.95 Å². The van der Waals surface area contributed by atoms with Gasteiger partial charge in [-0.3, -0.25) is 0 Å². The van der Waals surface area contributed by atoms with Crippen LogP contribution in [-0.4, -0.2) is 9.95 Å². The standard InChI is InChI=1S/C15H16S4/c1-2-3-9-17-14(16)10-15-18-11-13(19-15)12-7-5-4-6-8-12/h4-8,10-11H,2-3,9H2,1H3/b15-10+. The predicted octanol–water partition coefficient (Wildman–Crippen LogP) is 6.17. The van der Waals surface area contributed by atoms with Gasteiger partial charge in [0.25, 0.3) is 0 Å². The number of unbranched alkanes of at least 4 members (excludes halogenated alkanes) is 1. The van der Waals surface area contributed by atoms with E-state index < -0.39 is 0 Å². The Morgan fingerprint density at radius 1 is 1.32 bits per heavy atom. The van der Waals surface area contributed by atoms with E-state index in [2.05, 4.69) is 42.7 Å². The second-order valence-electron chi connectivity index (χ2n) is 4.05. The van der Waals surface area contributed by atoms with Crippen LogP contribution in [0.5, 0.6) is 0 Å². The van der Waals surface area contributed by atoms with Gasteiger partial charge in [0.1, 0.15) is 0 Å². The highest BCUT2D eigenvalue weighted by Crippen LogP contribution is 2.48. The average Bonchev–Trinajstić information content (AvgIpc) is 2.88. The first-order valence-electron chi connectivity index (χ1n) is 6.28. The monoisotopic (exact) mass is 324 g/mol. The van der Waals surface area contributed by atoms with Crippen molar-refractivity contribution in [3.05, 3.63) is 51.6 Å². The highest BCUT2D eigenvalue weighted by molar-refractivity contribution is 8.31. The highest BCUT2D eigenvalue weighted by Gasteiger charge is 2.13. The topological polar surface area (TPSA) is 0 Å². The lowest BCUT2D eigenvalue weighted by atomic mass is 10.2. The maximum Gasteiger partial charge on any atom is 0.0722 e. The highest BCUT2D eigenvalue weighted by atomic mass is 32.2. The molecule has 0 fully saturated rings. The summed E-state index contributed by atoms with van der Waals surface area (Å²) in [6, 6.07) is 10.5. The summed E-state index contributed by atoms with van der Waals surface area (Å²) in [6.45, 7) is 2.21. The first-order chi connectivity index (χ1) is 9.29. The summed E-state index contributed by atoms with van der Waals surface area (Å²) in [6.07, 6.45) is 4.61. The fraction of sp³-hybridized carbons (Fsp3) is 0.267. The van der Waals surface area contributed by atoms with Crippen molar-refractivity contribution in [2.45, 2.75) is 19.8 Å². The van der Waals surface area contributed by atoms with Crippen molar-refractivity contribution in [1.29, 1.82) is 0 Å². The van der Waals surface area contributed by atoms with E-state index >= 15 is 0 Å². The number of hydrogen-bond acceptors (Lipinski definition) is 4. The minimum absolute atomic E-state index is 1.01. The first kappa shape index (κ1) is 15.2. The van der Waals surface area contributed by atoms with Gasteiger partial charge in [-0.2, -0.15) is 0 Å². The Labute approximate surface area is 133 Å². The number of benzene rings is 1. The molecule has 100 valence electrons. The zero-order chi connectivity index (χ0) is 13.5. The van der Waals surface area contributed by atoms with E-state index in [4.69, 9.17) is 12.2 Å². The molecule has 0 bridgehead atoms. The molecule has 0 unspecified atom stereocenters. The molecule has 0 atom stereocenters. The molecule has 0 nitrogen and oxygen atoms in total. The van der Waals surface area contributed by atoms with Crippen LogP contribution in [0.2, 0.25) is 0 Å². The van der Waals surface area contributed by atoms with Crippen molar-refractivity contribution in [3.63, 3.8) is 0 Å². The molecule has 2 rings (SSSR count). The zero-order valence-electron chi connectivity index (χ0n) is 10.8. The Hall–Kier alpha value is -0.160. The molecule has 0 N–H and O–H groups in total. The van der Waals surface area contributed by atoms with Crippen LogP contribution in [0, 0.1) is 0 Å². The summed E-state index contributed by atoms with van der Waals surface area (Å²) in [4.78, 5) is 1.32. The van der Waals surface area contributed by atoms with Crippen molar-refractivity contribution in [2.75, 3.05) is 5.75 Å². The third kappa shape index (κ3) is 5.03. The molecule has 1 aromatic carbocycles. The Morgan fingerprint density at radius 3 is 2.84 bits per heavy atom. The number of rotatable bonds is 5. The molecule has 0 radical (unpaired) electrons. The van der Waals surface area contributed by atoms with Gasteiger partial charge in [-0.15, -0.1) is 11.8 Å². The molecular formula is C15H16S4. The molecule has 1 heterocycles. The smallest absolute Gasteiger partial charge is 0.0722 e.